The highest BCUT2D eigenvalue weighted by molar-refractivity contribution is 5.25. The van der Waals surface area contributed by atoms with Gasteiger partial charge >= 0.3 is 0 Å². The monoisotopic (exact) mass is 220 g/mol. The third-order valence-corrected chi connectivity index (χ3v) is 2.92. The lowest BCUT2D eigenvalue weighted by molar-refractivity contribution is 0.294. The van der Waals surface area contributed by atoms with Crippen molar-refractivity contribution in [1.29, 1.82) is 0 Å². The van der Waals surface area contributed by atoms with Crippen LogP contribution in [-0.4, -0.2) is 32.6 Å². The molecule has 0 aliphatic heterocycles. The molecule has 0 aliphatic rings. The van der Waals surface area contributed by atoms with Gasteiger partial charge in [0.2, 0.25) is 0 Å². The summed E-state index contributed by atoms with van der Waals surface area (Å²) in [6, 6.07) is 9.48. The molecular weight excluding hydrogens is 196 g/mol. The van der Waals surface area contributed by atoms with Crippen LogP contribution in [0.1, 0.15) is 30.5 Å². The average Bonchev–Trinajstić information content (AvgIpc) is 2.27. The number of benzene rings is 1. The smallest absolute Gasteiger partial charge is 0.0466 e. The third kappa shape index (κ3) is 3.62. The van der Waals surface area contributed by atoms with Gasteiger partial charge in [0.25, 0.3) is 0 Å². The van der Waals surface area contributed by atoms with Crippen LogP contribution < -0.4 is 5.32 Å². The molecule has 0 radical (unpaired) electrons. The molecule has 16 heavy (non-hydrogen) atoms. The van der Waals surface area contributed by atoms with Crippen molar-refractivity contribution in [2.24, 2.45) is 0 Å². The summed E-state index contributed by atoms with van der Waals surface area (Å²) in [7, 11) is 6.26. The Morgan fingerprint density at radius 2 is 1.81 bits per heavy atom. The van der Waals surface area contributed by atoms with E-state index < -0.39 is 0 Å². The Balaban J connectivity index is 2.77. The highest BCUT2D eigenvalue weighted by Gasteiger charge is 2.12. The fourth-order valence-electron chi connectivity index (χ4n) is 1.99. The van der Waals surface area contributed by atoms with Crippen molar-refractivity contribution in [3.63, 3.8) is 0 Å². The Morgan fingerprint density at radius 3 is 2.25 bits per heavy atom. The summed E-state index contributed by atoms with van der Waals surface area (Å²) < 4.78 is 0. The van der Waals surface area contributed by atoms with Gasteiger partial charge in [-0.2, -0.15) is 0 Å². The fraction of sp³-hybridized carbons (Fsp3) is 0.571. The molecule has 0 saturated heterocycles. The van der Waals surface area contributed by atoms with Gasteiger partial charge in [0, 0.05) is 12.6 Å². The van der Waals surface area contributed by atoms with Crippen LogP contribution >= 0.6 is 0 Å². The Kier molecular flexibility index (Phi) is 5.50. The van der Waals surface area contributed by atoms with Crippen molar-refractivity contribution >= 4 is 0 Å². The topological polar surface area (TPSA) is 15.3 Å². The van der Waals surface area contributed by atoms with Crippen LogP contribution in [0, 0.1) is 0 Å². The molecule has 0 amide bonds. The van der Waals surface area contributed by atoms with E-state index in [9.17, 15) is 0 Å². The highest BCUT2D eigenvalue weighted by Crippen LogP contribution is 2.18. The molecule has 0 fully saturated rings. The highest BCUT2D eigenvalue weighted by atomic mass is 15.1. The summed E-state index contributed by atoms with van der Waals surface area (Å²) in [5.74, 6) is 0. The minimum atomic E-state index is 0.459. The van der Waals surface area contributed by atoms with Crippen molar-refractivity contribution in [3.8, 4) is 0 Å². The van der Waals surface area contributed by atoms with Crippen LogP contribution in [0.25, 0.3) is 0 Å². The Morgan fingerprint density at radius 1 is 1.19 bits per heavy atom. The summed E-state index contributed by atoms with van der Waals surface area (Å²) in [6.07, 6.45) is 2.39. The Hall–Kier alpha value is -0.860. The molecule has 0 aliphatic carbocycles. The normalized spacial score (nSPS) is 13.1. The van der Waals surface area contributed by atoms with Gasteiger partial charge in [0.15, 0.2) is 0 Å². The molecule has 2 nitrogen and oxygen atoms in total. The van der Waals surface area contributed by atoms with E-state index in [2.05, 4.69) is 55.5 Å². The fourth-order valence-corrected chi connectivity index (χ4v) is 1.99. The third-order valence-electron chi connectivity index (χ3n) is 2.92. The summed E-state index contributed by atoms with van der Waals surface area (Å²) in [4.78, 5) is 2.26. The summed E-state index contributed by atoms with van der Waals surface area (Å²) in [6.45, 7) is 3.21. The first-order valence-corrected chi connectivity index (χ1v) is 6.09. The second-order valence-electron chi connectivity index (χ2n) is 4.53. The van der Waals surface area contributed by atoms with E-state index in [1.807, 2.05) is 7.05 Å². The lowest BCUT2D eigenvalue weighted by Gasteiger charge is -2.24. The predicted octanol–water partition coefficient (Wildman–Crippen LogP) is 2.46. The number of hydrogen-bond acceptors (Lipinski definition) is 2. The van der Waals surface area contributed by atoms with Crippen LogP contribution in [0.3, 0.4) is 0 Å². The van der Waals surface area contributed by atoms with Gasteiger partial charge in [-0.3, -0.25) is 0 Å². The average molecular weight is 220 g/mol. The molecule has 0 aromatic heterocycles. The Bertz CT molecular complexity index is 290. The predicted molar refractivity (Wildman–Crippen MR) is 70.8 cm³/mol. The molecule has 1 unspecified atom stereocenters. The number of rotatable bonds is 6. The number of nitrogens with zero attached hydrogens (tertiary/aromatic N) is 1. The number of nitrogens with one attached hydrogen (secondary N) is 1. The van der Waals surface area contributed by atoms with Crippen LogP contribution in [0.15, 0.2) is 24.3 Å². The standard InChI is InChI=1S/C14H24N2/c1-5-6-12-7-9-13(10-8-12)14(11-15-2)16(3)4/h7-10,14-15H,5-6,11H2,1-4H3. The molecule has 0 heterocycles. The van der Waals surface area contributed by atoms with E-state index in [4.69, 9.17) is 0 Å². The minimum Gasteiger partial charge on any atom is -0.318 e. The zero-order valence-electron chi connectivity index (χ0n) is 11.0. The molecule has 1 aromatic rings. The van der Waals surface area contributed by atoms with Gasteiger partial charge in [0.1, 0.15) is 0 Å². The van der Waals surface area contributed by atoms with Gasteiger partial charge in [-0.1, -0.05) is 37.6 Å². The zero-order chi connectivity index (χ0) is 12.0. The van der Waals surface area contributed by atoms with Crippen molar-refractivity contribution in [1.82, 2.24) is 10.2 Å². The number of aryl methyl sites for hydroxylation is 1. The molecule has 0 saturated carbocycles. The maximum atomic E-state index is 3.25. The molecule has 1 N–H and O–H groups in total. The van der Waals surface area contributed by atoms with Gasteiger partial charge in [0.05, 0.1) is 0 Å². The molecule has 0 bridgehead atoms. The lowest BCUT2D eigenvalue weighted by atomic mass is 10.0. The molecule has 2 heteroatoms. The summed E-state index contributed by atoms with van der Waals surface area (Å²) >= 11 is 0. The van der Waals surface area contributed by atoms with Gasteiger partial charge in [-0.25, -0.2) is 0 Å². The lowest BCUT2D eigenvalue weighted by Crippen LogP contribution is -2.29. The van der Waals surface area contributed by atoms with Crippen molar-refractivity contribution in [3.05, 3.63) is 35.4 Å². The molecule has 1 aromatic carbocycles. The van der Waals surface area contributed by atoms with Crippen molar-refractivity contribution in [2.75, 3.05) is 27.7 Å². The van der Waals surface area contributed by atoms with E-state index in [1.165, 1.54) is 24.0 Å². The summed E-state index contributed by atoms with van der Waals surface area (Å²) in [5.41, 5.74) is 2.83. The van der Waals surface area contributed by atoms with E-state index >= 15 is 0 Å². The second kappa shape index (κ2) is 6.66. The number of hydrogen-bond donors (Lipinski definition) is 1. The van der Waals surface area contributed by atoms with Crippen LogP contribution in [0.5, 0.6) is 0 Å². The van der Waals surface area contributed by atoms with Gasteiger partial charge in [-0.15, -0.1) is 0 Å². The maximum absolute atomic E-state index is 3.25. The van der Waals surface area contributed by atoms with Crippen LogP contribution in [0.4, 0.5) is 0 Å². The first-order valence-electron chi connectivity index (χ1n) is 6.09. The largest absolute Gasteiger partial charge is 0.318 e. The molecule has 90 valence electrons. The molecule has 0 spiro atoms. The molecular formula is C14H24N2. The molecule has 1 rings (SSSR count). The zero-order valence-corrected chi connectivity index (χ0v) is 11.0. The first-order chi connectivity index (χ1) is 7.69. The van der Waals surface area contributed by atoms with E-state index in [0.29, 0.717) is 6.04 Å². The summed E-state index contributed by atoms with van der Waals surface area (Å²) in [5, 5.41) is 3.25. The van der Waals surface area contributed by atoms with Crippen molar-refractivity contribution in [2.45, 2.75) is 25.8 Å². The first kappa shape index (κ1) is 13.2. The Labute approximate surface area is 99.7 Å². The second-order valence-corrected chi connectivity index (χ2v) is 4.53. The van der Waals surface area contributed by atoms with Gasteiger partial charge < -0.3 is 10.2 Å². The SMILES string of the molecule is CCCc1ccc(C(CNC)N(C)C)cc1. The quantitative estimate of drug-likeness (QED) is 0.792. The number of likely N-dealkylation sites (N-methyl/N-ethyl adjacent to an activating group) is 2. The van der Waals surface area contributed by atoms with E-state index in [0.717, 1.165) is 6.54 Å². The minimum absolute atomic E-state index is 0.459. The van der Waals surface area contributed by atoms with Crippen LogP contribution in [-0.2, 0) is 6.42 Å². The maximum Gasteiger partial charge on any atom is 0.0466 e. The van der Waals surface area contributed by atoms with E-state index in [-0.39, 0.29) is 0 Å². The molecule has 1 atom stereocenters. The van der Waals surface area contributed by atoms with Gasteiger partial charge in [-0.05, 0) is 38.7 Å². The van der Waals surface area contributed by atoms with Crippen molar-refractivity contribution < 1.29 is 0 Å². The van der Waals surface area contributed by atoms with E-state index in [1.54, 1.807) is 0 Å². The van der Waals surface area contributed by atoms with Crippen LogP contribution in [0.2, 0.25) is 0 Å².